The van der Waals surface area contributed by atoms with E-state index in [-0.39, 0.29) is 7.43 Å². The van der Waals surface area contributed by atoms with Gasteiger partial charge in [0.15, 0.2) is 0 Å². The van der Waals surface area contributed by atoms with Crippen molar-refractivity contribution in [3.8, 4) is 0 Å². The Bertz CT molecular complexity index is 274. The standard InChI is InChI=1S/C13H18.CH4/c1-4-6-7-13-10-12(5-2)9-8-11(13)3;/h4,6-7,10H,1,5,8-9H2,2-3H3;1H4/b7-6-;. The molecule has 0 spiro atoms. The van der Waals surface area contributed by atoms with Crippen molar-refractivity contribution >= 4 is 0 Å². The number of hydrogen-bond donors (Lipinski definition) is 0. The van der Waals surface area contributed by atoms with Crippen molar-refractivity contribution in [2.24, 2.45) is 0 Å². The van der Waals surface area contributed by atoms with E-state index in [4.69, 9.17) is 0 Å². The maximum absolute atomic E-state index is 3.68. The summed E-state index contributed by atoms with van der Waals surface area (Å²) in [5.41, 5.74) is 4.44. The van der Waals surface area contributed by atoms with Crippen LogP contribution in [0.2, 0.25) is 0 Å². The van der Waals surface area contributed by atoms with Crippen LogP contribution in [0.15, 0.2) is 47.6 Å². The van der Waals surface area contributed by atoms with Gasteiger partial charge in [0.25, 0.3) is 0 Å². The van der Waals surface area contributed by atoms with E-state index in [2.05, 4.69) is 32.6 Å². The van der Waals surface area contributed by atoms with Gasteiger partial charge in [0.05, 0.1) is 0 Å². The first-order chi connectivity index (χ1) is 6.27. The highest BCUT2D eigenvalue weighted by molar-refractivity contribution is 5.41. The average molecular weight is 190 g/mol. The molecule has 1 aliphatic carbocycles. The first-order valence-electron chi connectivity index (χ1n) is 4.96. The van der Waals surface area contributed by atoms with Gasteiger partial charge in [0.1, 0.15) is 0 Å². The van der Waals surface area contributed by atoms with Gasteiger partial charge in [0, 0.05) is 0 Å². The maximum Gasteiger partial charge on any atom is -0.0268 e. The second kappa shape index (κ2) is 6.42. The summed E-state index contributed by atoms with van der Waals surface area (Å²) in [6, 6.07) is 0. The minimum Gasteiger partial charge on any atom is -0.0991 e. The van der Waals surface area contributed by atoms with Crippen molar-refractivity contribution in [2.45, 2.75) is 40.5 Å². The molecule has 1 aliphatic rings. The highest BCUT2D eigenvalue weighted by atomic mass is 14.1. The lowest BCUT2D eigenvalue weighted by molar-refractivity contribution is 0.849. The van der Waals surface area contributed by atoms with Crippen LogP contribution < -0.4 is 0 Å². The zero-order valence-corrected chi connectivity index (χ0v) is 8.64. The van der Waals surface area contributed by atoms with Crippen LogP contribution in [0.4, 0.5) is 0 Å². The van der Waals surface area contributed by atoms with Crippen LogP contribution in [0, 0.1) is 0 Å². The molecule has 0 N–H and O–H groups in total. The van der Waals surface area contributed by atoms with Crippen LogP contribution in [0.1, 0.15) is 40.5 Å². The fourth-order valence-corrected chi connectivity index (χ4v) is 1.55. The Morgan fingerprint density at radius 2 is 2.14 bits per heavy atom. The van der Waals surface area contributed by atoms with Gasteiger partial charge in [-0.3, -0.25) is 0 Å². The molecule has 0 amide bonds. The molecule has 0 aromatic carbocycles. The van der Waals surface area contributed by atoms with Crippen molar-refractivity contribution in [3.63, 3.8) is 0 Å². The molecular formula is C14H22. The van der Waals surface area contributed by atoms with E-state index in [1.807, 2.05) is 12.2 Å². The van der Waals surface area contributed by atoms with Crippen LogP contribution in [0.5, 0.6) is 0 Å². The minimum atomic E-state index is 0. The lowest BCUT2D eigenvalue weighted by Gasteiger charge is -2.14. The van der Waals surface area contributed by atoms with Gasteiger partial charge in [-0.25, -0.2) is 0 Å². The summed E-state index contributed by atoms with van der Waals surface area (Å²) in [7, 11) is 0. The van der Waals surface area contributed by atoms with Crippen molar-refractivity contribution in [2.75, 3.05) is 0 Å². The predicted octanol–water partition coefficient (Wildman–Crippen LogP) is 4.81. The van der Waals surface area contributed by atoms with Gasteiger partial charge in [-0.05, 0) is 31.8 Å². The van der Waals surface area contributed by atoms with Crippen molar-refractivity contribution in [3.05, 3.63) is 47.6 Å². The summed E-state index contributed by atoms with van der Waals surface area (Å²) in [4.78, 5) is 0. The summed E-state index contributed by atoms with van der Waals surface area (Å²) < 4.78 is 0. The SMILES string of the molecule is C.C=C/C=C\C1=C(C)CCC(CC)=C1. The summed E-state index contributed by atoms with van der Waals surface area (Å²) in [6.45, 7) is 8.12. The average Bonchev–Trinajstić information content (AvgIpc) is 2.17. The van der Waals surface area contributed by atoms with E-state index in [0.717, 1.165) is 0 Å². The highest BCUT2D eigenvalue weighted by Gasteiger charge is 2.06. The molecule has 1 rings (SSSR count). The fraction of sp³-hybridized carbons (Fsp3) is 0.429. The Morgan fingerprint density at radius 3 is 2.71 bits per heavy atom. The molecule has 0 heteroatoms. The van der Waals surface area contributed by atoms with Crippen LogP contribution in [-0.2, 0) is 0 Å². The number of rotatable bonds is 3. The minimum absolute atomic E-state index is 0. The molecule has 0 saturated heterocycles. The molecule has 0 atom stereocenters. The molecule has 0 saturated carbocycles. The van der Waals surface area contributed by atoms with E-state index in [1.54, 1.807) is 5.57 Å². The van der Waals surface area contributed by atoms with E-state index in [0.29, 0.717) is 0 Å². The molecule has 78 valence electrons. The number of hydrogen-bond acceptors (Lipinski definition) is 0. The van der Waals surface area contributed by atoms with Gasteiger partial charge in [0.2, 0.25) is 0 Å². The summed E-state index contributed by atoms with van der Waals surface area (Å²) in [5, 5.41) is 0. The Kier molecular flexibility index (Phi) is 5.94. The van der Waals surface area contributed by atoms with Crippen molar-refractivity contribution < 1.29 is 0 Å². The first-order valence-corrected chi connectivity index (χ1v) is 4.96. The summed E-state index contributed by atoms with van der Waals surface area (Å²) >= 11 is 0. The second-order valence-electron chi connectivity index (χ2n) is 3.49. The normalized spacial score (nSPS) is 16.6. The second-order valence-corrected chi connectivity index (χ2v) is 3.49. The number of allylic oxidation sites excluding steroid dienone is 7. The van der Waals surface area contributed by atoms with E-state index < -0.39 is 0 Å². The molecule has 0 unspecified atom stereocenters. The third-order valence-electron chi connectivity index (χ3n) is 2.54. The van der Waals surface area contributed by atoms with Gasteiger partial charge in [-0.15, -0.1) is 0 Å². The molecule has 0 heterocycles. The lowest BCUT2D eigenvalue weighted by Crippen LogP contribution is -1.94. The van der Waals surface area contributed by atoms with Crippen LogP contribution in [0.25, 0.3) is 0 Å². The first kappa shape index (κ1) is 13.0. The molecular weight excluding hydrogens is 168 g/mol. The topological polar surface area (TPSA) is 0 Å². The lowest BCUT2D eigenvalue weighted by atomic mass is 9.92. The third-order valence-corrected chi connectivity index (χ3v) is 2.54. The maximum atomic E-state index is 3.68. The van der Waals surface area contributed by atoms with Gasteiger partial charge in [-0.2, -0.15) is 0 Å². The van der Waals surface area contributed by atoms with Crippen molar-refractivity contribution in [1.29, 1.82) is 0 Å². The Labute approximate surface area is 88.7 Å². The summed E-state index contributed by atoms with van der Waals surface area (Å²) in [5.74, 6) is 0. The van der Waals surface area contributed by atoms with Gasteiger partial charge >= 0.3 is 0 Å². The summed E-state index contributed by atoms with van der Waals surface area (Å²) in [6.07, 6.45) is 11.9. The van der Waals surface area contributed by atoms with Crippen LogP contribution >= 0.6 is 0 Å². The van der Waals surface area contributed by atoms with Crippen molar-refractivity contribution in [1.82, 2.24) is 0 Å². The molecule has 0 fully saturated rings. The Balaban J connectivity index is 0.00000169. The van der Waals surface area contributed by atoms with Gasteiger partial charge in [-0.1, -0.05) is 56.4 Å². The highest BCUT2D eigenvalue weighted by Crippen LogP contribution is 2.25. The van der Waals surface area contributed by atoms with E-state index >= 15 is 0 Å². The smallest absolute Gasteiger partial charge is 0.0268 e. The Morgan fingerprint density at radius 1 is 1.43 bits per heavy atom. The Hall–Kier alpha value is -1.04. The van der Waals surface area contributed by atoms with E-state index in [1.165, 1.54) is 30.4 Å². The third kappa shape index (κ3) is 3.37. The quantitative estimate of drug-likeness (QED) is 0.560. The van der Waals surface area contributed by atoms with Gasteiger partial charge < -0.3 is 0 Å². The largest absolute Gasteiger partial charge is 0.0991 e. The predicted molar refractivity (Wildman–Crippen MR) is 66.4 cm³/mol. The zero-order chi connectivity index (χ0) is 9.68. The molecule has 0 aliphatic heterocycles. The molecule has 0 aromatic rings. The molecule has 14 heavy (non-hydrogen) atoms. The van der Waals surface area contributed by atoms with Crippen LogP contribution in [0.3, 0.4) is 0 Å². The van der Waals surface area contributed by atoms with Crippen LogP contribution in [-0.4, -0.2) is 0 Å². The molecule has 0 nitrogen and oxygen atoms in total. The molecule has 0 radical (unpaired) electrons. The fourth-order valence-electron chi connectivity index (χ4n) is 1.55. The molecule has 0 aromatic heterocycles. The molecule has 0 bridgehead atoms. The monoisotopic (exact) mass is 190 g/mol. The zero-order valence-electron chi connectivity index (χ0n) is 8.64. The van der Waals surface area contributed by atoms with E-state index in [9.17, 15) is 0 Å².